The summed E-state index contributed by atoms with van der Waals surface area (Å²) in [6.07, 6.45) is 1.59. The fraction of sp³-hybridized carbons (Fsp3) is 0.0769. The van der Waals surface area contributed by atoms with E-state index in [1.807, 2.05) is 35.7 Å². The van der Waals surface area contributed by atoms with Crippen molar-refractivity contribution in [2.75, 3.05) is 0 Å². The Kier molecular flexibility index (Phi) is 2.89. The maximum Gasteiger partial charge on any atom is 0.271 e. The molecule has 90 valence electrons. The lowest BCUT2D eigenvalue weighted by Crippen LogP contribution is -2.20. The van der Waals surface area contributed by atoms with E-state index in [1.54, 1.807) is 10.9 Å². The zero-order chi connectivity index (χ0) is 12.5. The van der Waals surface area contributed by atoms with Crippen LogP contribution in [0.1, 0.15) is 5.56 Å². The Morgan fingerprint density at radius 1 is 1.22 bits per heavy atom. The molecule has 0 fully saturated rings. The topological polar surface area (TPSA) is 34.9 Å². The number of fused-ring (bicyclic) bond motifs is 1. The number of benzene rings is 1. The summed E-state index contributed by atoms with van der Waals surface area (Å²) in [6, 6.07) is 9.31. The molecule has 0 aliphatic heterocycles. The molecule has 0 spiro atoms. The minimum Gasteiger partial charge on any atom is -0.294 e. The summed E-state index contributed by atoms with van der Waals surface area (Å²) in [7, 11) is 0. The highest BCUT2D eigenvalue weighted by atomic mass is 35.5. The van der Waals surface area contributed by atoms with Crippen molar-refractivity contribution in [2.45, 2.75) is 6.54 Å². The minimum absolute atomic E-state index is 0.00458. The van der Waals surface area contributed by atoms with Gasteiger partial charge in [-0.3, -0.25) is 9.36 Å². The van der Waals surface area contributed by atoms with Crippen molar-refractivity contribution in [1.82, 2.24) is 9.55 Å². The monoisotopic (exact) mass is 276 g/mol. The third-order valence-corrected chi connectivity index (χ3v) is 3.85. The number of hydrogen-bond acceptors (Lipinski definition) is 3. The van der Waals surface area contributed by atoms with E-state index in [1.165, 1.54) is 11.3 Å². The average molecular weight is 277 g/mol. The molecule has 18 heavy (non-hydrogen) atoms. The van der Waals surface area contributed by atoms with Crippen LogP contribution in [0.2, 0.25) is 5.02 Å². The second kappa shape index (κ2) is 4.55. The van der Waals surface area contributed by atoms with Gasteiger partial charge in [-0.2, -0.15) is 0 Å². The molecule has 0 saturated carbocycles. The van der Waals surface area contributed by atoms with Gasteiger partial charge in [-0.1, -0.05) is 23.7 Å². The molecule has 0 unspecified atom stereocenters. The predicted octanol–water partition coefficient (Wildman–Crippen LogP) is 3.16. The van der Waals surface area contributed by atoms with Gasteiger partial charge in [0.2, 0.25) is 0 Å². The minimum atomic E-state index is 0.00458. The molecule has 0 atom stereocenters. The van der Waals surface area contributed by atoms with Gasteiger partial charge in [0.25, 0.3) is 5.56 Å². The molecule has 0 radical (unpaired) electrons. The van der Waals surface area contributed by atoms with Crippen LogP contribution in [0, 0.1) is 0 Å². The smallest absolute Gasteiger partial charge is 0.271 e. The largest absolute Gasteiger partial charge is 0.294 e. The first-order valence-corrected chi connectivity index (χ1v) is 6.67. The summed E-state index contributed by atoms with van der Waals surface area (Å²) < 4.78 is 2.31. The number of hydrogen-bond donors (Lipinski definition) is 0. The van der Waals surface area contributed by atoms with Gasteiger partial charge in [-0.05, 0) is 29.1 Å². The second-order valence-electron chi connectivity index (χ2n) is 3.94. The molecular weight excluding hydrogens is 268 g/mol. The summed E-state index contributed by atoms with van der Waals surface area (Å²) >= 11 is 7.25. The lowest BCUT2D eigenvalue weighted by molar-refractivity contribution is 0.750. The van der Waals surface area contributed by atoms with Crippen LogP contribution in [0.25, 0.3) is 10.2 Å². The fourth-order valence-corrected chi connectivity index (χ4v) is 2.70. The molecule has 0 amide bonds. The number of halogens is 1. The molecular formula is C13H9ClN2OS. The van der Waals surface area contributed by atoms with Crippen LogP contribution in [-0.2, 0) is 6.54 Å². The molecule has 5 heteroatoms. The van der Waals surface area contributed by atoms with E-state index in [-0.39, 0.29) is 5.56 Å². The Morgan fingerprint density at radius 2 is 2.00 bits per heavy atom. The van der Waals surface area contributed by atoms with E-state index in [2.05, 4.69) is 4.98 Å². The zero-order valence-electron chi connectivity index (χ0n) is 9.34. The Morgan fingerprint density at radius 3 is 2.78 bits per heavy atom. The third-order valence-electron chi connectivity index (χ3n) is 2.70. The molecule has 2 aromatic heterocycles. The summed E-state index contributed by atoms with van der Waals surface area (Å²) in [5, 5.41) is 2.57. The molecule has 1 aromatic carbocycles. The van der Waals surface area contributed by atoms with E-state index in [0.29, 0.717) is 16.3 Å². The molecule has 3 aromatic rings. The normalized spacial score (nSPS) is 10.9. The van der Waals surface area contributed by atoms with Crippen LogP contribution >= 0.6 is 22.9 Å². The van der Waals surface area contributed by atoms with Gasteiger partial charge < -0.3 is 0 Å². The maximum atomic E-state index is 12.2. The Labute approximate surface area is 112 Å². The van der Waals surface area contributed by atoms with Gasteiger partial charge >= 0.3 is 0 Å². The highest BCUT2D eigenvalue weighted by Gasteiger charge is 2.05. The van der Waals surface area contributed by atoms with E-state index < -0.39 is 0 Å². The number of nitrogens with zero attached hydrogens (tertiary/aromatic N) is 2. The highest BCUT2D eigenvalue weighted by Crippen LogP contribution is 2.14. The van der Waals surface area contributed by atoms with Crippen molar-refractivity contribution in [3.05, 3.63) is 63.0 Å². The molecule has 0 bridgehead atoms. The van der Waals surface area contributed by atoms with E-state index in [4.69, 9.17) is 11.6 Å². The van der Waals surface area contributed by atoms with Crippen molar-refractivity contribution in [3.8, 4) is 0 Å². The average Bonchev–Trinajstić information content (AvgIpc) is 2.84. The zero-order valence-corrected chi connectivity index (χ0v) is 10.9. The maximum absolute atomic E-state index is 12.2. The van der Waals surface area contributed by atoms with Crippen LogP contribution in [0.3, 0.4) is 0 Å². The summed E-state index contributed by atoms with van der Waals surface area (Å²) in [5.41, 5.74) is 1.79. The Balaban J connectivity index is 2.02. The van der Waals surface area contributed by atoms with E-state index in [9.17, 15) is 4.79 Å². The van der Waals surface area contributed by atoms with Crippen molar-refractivity contribution < 1.29 is 0 Å². The van der Waals surface area contributed by atoms with Crippen LogP contribution in [0.5, 0.6) is 0 Å². The van der Waals surface area contributed by atoms with Crippen LogP contribution in [0.15, 0.2) is 46.8 Å². The summed E-state index contributed by atoms with van der Waals surface area (Å²) in [6.45, 7) is 0.511. The van der Waals surface area contributed by atoms with Crippen molar-refractivity contribution >= 4 is 33.2 Å². The first-order chi connectivity index (χ1) is 8.74. The fourth-order valence-electron chi connectivity index (χ4n) is 1.78. The number of rotatable bonds is 2. The van der Waals surface area contributed by atoms with Gasteiger partial charge in [0.1, 0.15) is 4.70 Å². The number of thiophene rings is 1. The molecule has 0 aliphatic rings. The second-order valence-corrected chi connectivity index (χ2v) is 5.29. The highest BCUT2D eigenvalue weighted by molar-refractivity contribution is 7.17. The van der Waals surface area contributed by atoms with Crippen LogP contribution in [0.4, 0.5) is 0 Å². The van der Waals surface area contributed by atoms with Crippen molar-refractivity contribution in [1.29, 1.82) is 0 Å². The molecule has 0 saturated heterocycles. The van der Waals surface area contributed by atoms with Gasteiger partial charge in [0.15, 0.2) is 0 Å². The molecule has 3 nitrogen and oxygen atoms in total. The standard InChI is InChI=1S/C13H9ClN2OS/c14-10-3-1-9(2-4-10)7-16-8-15-11-5-6-18-12(11)13(16)17/h1-6,8H,7H2. The van der Waals surface area contributed by atoms with Gasteiger partial charge in [0, 0.05) is 5.02 Å². The summed E-state index contributed by atoms with van der Waals surface area (Å²) in [5.74, 6) is 0. The Bertz CT molecular complexity index is 746. The molecule has 3 rings (SSSR count). The summed E-state index contributed by atoms with van der Waals surface area (Å²) in [4.78, 5) is 16.4. The van der Waals surface area contributed by atoms with Crippen LogP contribution in [-0.4, -0.2) is 9.55 Å². The van der Waals surface area contributed by atoms with Gasteiger partial charge in [0.05, 0.1) is 18.4 Å². The van der Waals surface area contributed by atoms with Crippen molar-refractivity contribution in [3.63, 3.8) is 0 Å². The van der Waals surface area contributed by atoms with E-state index in [0.717, 1.165) is 11.1 Å². The lowest BCUT2D eigenvalue weighted by Gasteiger charge is -2.05. The van der Waals surface area contributed by atoms with E-state index >= 15 is 0 Å². The van der Waals surface area contributed by atoms with Crippen molar-refractivity contribution in [2.24, 2.45) is 0 Å². The van der Waals surface area contributed by atoms with Gasteiger partial charge in [-0.25, -0.2) is 4.98 Å². The molecule has 2 heterocycles. The lowest BCUT2D eigenvalue weighted by atomic mass is 10.2. The molecule has 0 N–H and O–H groups in total. The van der Waals surface area contributed by atoms with Crippen LogP contribution < -0.4 is 5.56 Å². The molecule has 0 aliphatic carbocycles. The van der Waals surface area contributed by atoms with Gasteiger partial charge in [-0.15, -0.1) is 11.3 Å². The Hall–Kier alpha value is -1.65. The number of aromatic nitrogens is 2. The first kappa shape index (κ1) is 11.4. The predicted molar refractivity (Wildman–Crippen MR) is 74.4 cm³/mol. The SMILES string of the molecule is O=c1c2sccc2ncn1Cc1ccc(Cl)cc1. The first-order valence-electron chi connectivity index (χ1n) is 5.41. The quantitative estimate of drug-likeness (QED) is 0.721. The third kappa shape index (κ3) is 2.05.